The number of pyridine rings is 1. The Kier molecular flexibility index (Phi) is 8.10. The van der Waals surface area contributed by atoms with E-state index in [4.69, 9.17) is 23.9 Å². The fraction of sp³-hybridized carbons (Fsp3) is 0.294. The van der Waals surface area contributed by atoms with Crippen LogP contribution in [0, 0.1) is 0 Å². The molecule has 0 aliphatic carbocycles. The Morgan fingerprint density at radius 3 is 2.51 bits per heavy atom. The van der Waals surface area contributed by atoms with E-state index >= 15 is 0 Å². The molecule has 0 saturated heterocycles. The van der Waals surface area contributed by atoms with Gasteiger partial charge in [-0.2, -0.15) is 0 Å². The normalized spacial score (nSPS) is 12.0. The van der Waals surface area contributed by atoms with Crippen LogP contribution in [0.2, 0.25) is 25.7 Å². The summed E-state index contributed by atoms with van der Waals surface area (Å²) >= 11 is 0. The van der Waals surface area contributed by atoms with Crippen molar-refractivity contribution in [1.29, 1.82) is 0 Å². The lowest BCUT2D eigenvalue weighted by Crippen LogP contribution is -2.22. The number of imidazole rings is 1. The maximum Gasteiger partial charge on any atom is 0.360 e. The lowest BCUT2D eigenvalue weighted by atomic mass is 9.98. The molecule has 3 heterocycles. The Balaban J connectivity index is 1.29. The Morgan fingerprint density at radius 2 is 1.70 bits per heavy atom. The number of para-hydroxylation sites is 3. The summed E-state index contributed by atoms with van der Waals surface area (Å²) in [5.41, 5.74) is 5.90. The molecular formula is C34H36N4O4Si. The molecule has 6 rings (SSSR count). The number of hydrogen-bond donors (Lipinski definition) is 0. The molecule has 0 N–H and O–H groups in total. The van der Waals surface area contributed by atoms with Crippen molar-refractivity contribution in [1.82, 2.24) is 19.5 Å². The van der Waals surface area contributed by atoms with Crippen LogP contribution in [0.15, 0.2) is 77.4 Å². The largest absolute Gasteiger partial charge is 0.464 e. The third kappa shape index (κ3) is 6.38. The number of ether oxygens (including phenoxy) is 2. The van der Waals surface area contributed by atoms with Crippen molar-refractivity contribution in [3.8, 4) is 11.5 Å². The van der Waals surface area contributed by atoms with Gasteiger partial charge in [0.05, 0.1) is 29.2 Å². The van der Waals surface area contributed by atoms with Gasteiger partial charge in [-0.05, 0) is 60.8 Å². The fourth-order valence-electron chi connectivity index (χ4n) is 5.32. The van der Waals surface area contributed by atoms with Crippen molar-refractivity contribution < 1.29 is 18.7 Å². The number of nitrogens with zero attached hydrogens (tertiary/aromatic N) is 4. The zero-order valence-electron chi connectivity index (χ0n) is 25.1. The first-order valence-electron chi connectivity index (χ1n) is 14.7. The Hall–Kier alpha value is -4.34. The van der Waals surface area contributed by atoms with Crippen LogP contribution in [-0.2, 0) is 29.0 Å². The van der Waals surface area contributed by atoms with Crippen molar-refractivity contribution in [2.75, 3.05) is 13.7 Å². The highest BCUT2D eigenvalue weighted by atomic mass is 28.3. The first kappa shape index (κ1) is 28.8. The molecule has 0 amide bonds. The predicted octanol–water partition coefficient (Wildman–Crippen LogP) is 7.67. The van der Waals surface area contributed by atoms with Gasteiger partial charge in [-0.1, -0.05) is 50.0 Å². The molecule has 0 fully saturated rings. The van der Waals surface area contributed by atoms with E-state index < -0.39 is 14.0 Å². The van der Waals surface area contributed by atoms with Gasteiger partial charge in [0.15, 0.2) is 5.69 Å². The average molecular weight is 593 g/mol. The van der Waals surface area contributed by atoms with Crippen LogP contribution in [0.5, 0.6) is 0 Å². The summed E-state index contributed by atoms with van der Waals surface area (Å²) in [5, 5.41) is 2.18. The summed E-state index contributed by atoms with van der Waals surface area (Å²) < 4.78 is 18.9. The number of carbonyl (C=O) groups is 1. The Morgan fingerprint density at radius 1 is 0.907 bits per heavy atom. The monoisotopic (exact) mass is 592 g/mol. The van der Waals surface area contributed by atoms with Crippen molar-refractivity contribution in [2.24, 2.45) is 0 Å². The first-order valence-corrected chi connectivity index (χ1v) is 18.4. The maximum absolute atomic E-state index is 12.0. The summed E-state index contributed by atoms with van der Waals surface area (Å²) in [6.07, 6.45) is 3.80. The molecule has 0 unspecified atom stereocenters. The number of benzene rings is 3. The van der Waals surface area contributed by atoms with E-state index in [1.807, 2.05) is 30.3 Å². The summed E-state index contributed by atoms with van der Waals surface area (Å²) in [6.45, 7) is 8.36. The lowest BCUT2D eigenvalue weighted by molar-refractivity contribution is 0.0594. The number of methoxy groups -OCH3 is 1. The van der Waals surface area contributed by atoms with E-state index in [2.05, 4.69) is 65.6 Å². The number of hydrogen-bond acceptors (Lipinski definition) is 7. The van der Waals surface area contributed by atoms with Crippen molar-refractivity contribution >= 4 is 46.9 Å². The molecule has 43 heavy (non-hydrogen) atoms. The minimum absolute atomic E-state index is 0.136. The minimum Gasteiger partial charge on any atom is -0.464 e. The number of aromatic nitrogens is 4. The van der Waals surface area contributed by atoms with E-state index in [-0.39, 0.29) is 5.69 Å². The molecule has 9 heteroatoms. The third-order valence-corrected chi connectivity index (χ3v) is 9.37. The van der Waals surface area contributed by atoms with Gasteiger partial charge in [0, 0.05) is 37.4 Å². The van der Waals surface area contributed by atoms with Gasteiger partial charge in [0.1, 0.15) is 18.8 Å². The van der Waals surface area contributed by atoms with Gasteiger partial charge in [0.2, 0.25) is 5.89 Å². The highest BCUT2D eigenvalue weighted by Gasteiger charge is 2.18. The fourth-order valence-corrected chi connectivity index (χ4v) is 6.08. The SMILES string of the molecule is COC(=O)c1coc(-c2cc(CCCc3nc4ccccc4n3COCC[Si](C)(C)C)c3cc4ccccc4nc3c2)n1. The number of rotatable bonds is 11. The summed E-state index contributed by atoms with van der Waals surface area (Å²) in [6, 6.07) is 23.8. The molecule has 0 bridgehead atoms. The van der Waals surface area contributed by atoms with Crippen LogP contribution in [0.4, 0.5) is 0 Å². The number of oxazole rings is 1. The topological polar surface area (TPSA) is 92.3 Å². The number of esters is 1. The number of fused-ring (bicyclic) bond motifs is 3. The third-order valence-electron chi connectivity index (χ3n) is 7.66. The van der Waals surface area contributed by atoms with E-state index in [0.29, 0.717) is 12.6 Å². The molecule has 3 aromatic heterocycles. The van der Waals surface area contributed by atoms with Gasteiger partial charge in [-0.15, -0.1) is 0 Å². The second kappa shape index (κ2) is 12.1. The van der Waals surface area contributed by atoms with Crippen LogP contribution in [0.1, 0.15) is 28.3 Å². The molecule has 8 nitrogen and oxygen atoms in total. The zero-order valence-corrected chi connectivity index (χ0v) is 26.1. The molecule has 0 aliphatic rings. The lowest BCUT2D eigenvalue weighted by Gasteiger charge is -2.16. The minimum atomic E-state index is -1.17. The second-order valence-corrected chi connectivity index (χ2v) is 17.7. The van der Waals surface area contributed by atoms with Crippen LogP contribution in [-0.4, -0.2) is 47.3 Å². The smallest absolute Gasteiger partial charge is 0.360 e. The van der Waals surface area contributed by atoms with E-state index in [9.17, 15) is 4.79 Å². The Bertz CT molecular complexity index is 1920. The van der Waals surface area contributed by atoms with Gasteiger partial charge >= 0.3 is 5.97 Å². The second-order valence-electron chi connectivity index (χ2n) is 12.1. The molecule has 0 aliphatic heterocycles. The molecule has 0 atom stereocenters. The van der Waals surface area contributed by atoms with Gasteiger partial charge in [-0.3, -0.25) is 0 Å². The standard InChI is InChI=1S/C34H36N4O4Si/c1-40-34(39)30-21-42-33(37-30)25-18-23(26-19-24-10-5-6-12-27(24)35-29(26)20-25)11-9-15-32-36-28-13-7-8-14-31(28)38(32)22-41-16-17-43(2,3)4/h5-8,10,12-14,18-21H,9,11,15-17,22H2,1-4H3. The molecular weight excluding hydrogens is 556 g/mol. The zero-order chi connectivity index (χ0) is 30.0. The van der Waals surface area contributed by atoms with E-state index in [1.54, 1.807) is 0 Å². The highest BCUT2D eigenvalue weighted by molar-refractivity contribution is 6.76. The molecule has 0 saturated carbocycles. The molecule has 220 valence electrons. The summed E-state index contributed by atoms with van der Waals surface area (Å²) in [4.78, 5) is 26.3. The highest BCUT2D eigenvalue weighted by Crippen LogP contribution is 2.30. The quantitative estimate of drug-likeness (QED) is 0.0660. The molecule has 3 aromatic carbocycles. The number of aryl methyl sites for hydroxylation is 2. The Labute approximate surface area is 251 Å². The molecule has 0 spiro atoms. The summed E-state index contributed by atoms with van der Waals surface area (Å²) in [5.74, 6) is 0.844. The van der Waals surface area contributed by atoms with Crippen LogP contribution < -0.4 is 0 Å². The van der Waals surface area contributed by atoms with Gasteiger partial charge in [-0.25, -0.2) is 19.7 Å². The van der Waals surface area contributed by atoms with Crippen molar-refractivity contribution in [3.63, 3.8) is 0 Å². The van der Waals surface area contributed by atoms with Crippen molar-refractivity contribution in [3.05, 3.63) is 90.1 Å². The summed E-state index contributed by atoms with van der Waals surface area (Å²) in [7, 11) is 0.157. The predicted molar refractivity (Wildman–Crippen MR) is 172 cm³/mol. The van der Waals surface area contributed by atoms with Crippen molar-refractivity contribution in [2.45, 2.75) is 51.7 Å². The molecule has 0 radical (unpaired) electrons. The maximum atomic E-state index is 12.0. The van der Waals surface area contributed by atoms with E-state index in [1.165, 1.54) is 13.4 Å². The van der Waals surface area contributed by atoms with E-state index in [0.717, 1.165) is 81.7 Å². The van der Waals surface area contributed by atoms with Gasteiger partial charge < -0.3 is 18.5 Å². The van der Waals surface area contributed by atoms with Crippen LogP contribution in [0.25, 0.3) is 44.3 Å². The van der Waals surface area contributed by atoms with Crippen LogP contribution in [0.3, 0.4) is 0 Å². The first-order chi connectivity index (χ1) is 20.8. The molecule has 6 aromatic rings. The average Bonchev–Trinajstić information content (AvgIpc) is 3.63. The van der Waals surface area contributed by atoms with Crippen LogP contribution >= 0.6 is 0 Å². The number of carbonyl (C=O) groups excluding carboxylic acids is 1. The van der Waals surface area contributed by atoms with Gasteiger partial charge in [0.25, 0.3) is 0 Å².